The van der Waals surface area contributed by atoms with Crippen molar-refractivity contribution in [1.82, 2.24) is 4.98 Å². The summed E-state index contributed by atoms with van der Waals surface area (Å²) in [4.78, 5) is 4.21. The molecule has 0 bridgehead atoms. The van der Waals surface area contributed by atoms with Gasteiger partial charge < -0.3 is 10.1 Å². The molecule has 1 aliphatic rings. The Morgan fingerprint density at radius 2 is 2.04 bits per heavy atom. The van der Waals surface area contributed by atoms with Crippen LogP contribution in [0.2, 0.25) is 5.02 Å². The van der Waals surface area contributed by atoms with E-state index in [1.165, 1.54) is 0 Å². The summed E-state index contributed by atoms with van der Waals surface area (Å²) in [5, 5.41) is 3.52. The lowest BCUT2D eigenvalue weighted by atomic mass is 9.72. The van der Waals surface area contributed by atoms with Crippen LogP contribution in [-0.4, -0.2) is 24.1 Å². The van der Waals surface area contributed by atoms with Gasteiger partial charge >= 0.3 is 0 Å². The van der Waals surface area contributed by atoms with Gasteiger partial charge in [0.2, 0.25) is 0 Å². The van der Waals surface area contributed by atoms with Gasteiger partial charge in [-0.15, -0.1) is 0 Å². The lowest BCUT2D eigenvalue weighted by molar-refractivity contribution is -0.0171. The Hall–Kier alpha value is -1.72. The molecule has 1 aromatic heterocycles. The summed E-state index contributed by atoms with van der Waals surface area (Å²) in [5.41, 5.74) is -0.167. The van der Waals surface area contributed by atoms with Gasteiger partial charge in [0.25, 0.3) is 6.43 Å². The predicted octanol–water partition coefficient (Wildman–Crippen LogP) is 4.77. The third-order valence-corrected chi connectivity index (χ3v) is 4.26. The number of hydrogen-bond acceptors (Lipinski definition) is 3. The summed E-state index contributed by atoms with van der Waals surface area (Å²) < 4.78 is 34.3. The SMILES string of the molecule is CC(C)OCC1(C(F)F)c2cc(Cl)ccc2Nc2ncccc21. The van der Waals surface area contributed by atoms with Crippen LogP contribution in [0, 0.1) is 0 Å². The van der Waals surface area contributed by atoms with E-state index < -0.39 is 11.8 Å². The van der Waals surface area contributed by atoms with Crippen molar-refractivity contribution in [3.05, 3.63) is 52.7 Å². The van der Waals surface area contributed by atoms with Gasteiger partial charge in [0.05, 0.1) is 12.7 Å². The topological polar surface area (TPSA) is 34.1 Å². The fraction of sp³-hybridized carbons (Fsp3) is 0.353. The van der Waals surface area contributed by atoms with Crippen LogP contribution in [0.25, 0.3) is 0 Å². The van der Waals surface area contributed by atoms with Crippen LogP contribution >= 0.6 is 11.6 Å². The molecule has 0 amide bonds. The van der Waals surface area contributed by atoms with E-state index in [9.17, 15) is 8.78 Å². The van der Waals surface area contributed by atoms with Crippen LogP contribution in [0.3, 0.4) is 0 Å². The number of rotatable bonds is 4. The molecule has 1 aliphatic heterocycles. The third kappa shape index (κ3) is 2.68. The molecule has 1 aromatic carbocycles. The van der Waals surface area contributed by atoms with Gasteiger partial charge in [-0.1, -0.05) is 17.7 Å². The maximum absolute atomic E-state index is 14.3. The minimum atomic E-state index is -2.66. The molecule has 1 atom stereocenters. The monoisotopic (exact) mass is 338 g/mol. The molecule has 122 valence electrons. The van der Waals surface area contributed by atoms with E-state index in [0.717, 1.165) is 0 Å². The quantitative estimate of drug-likeness (QED) is 0.872. The molecular formula is C17H17ClF2N2O. The van der Waals surface area contributed by atoms with Crippen molar-refractivity contribution in [2.45, 2.75) is 31.8 Å². The van der Waals surface area contributed by atoms with Crippen molar-refractivity contribution in [3.63, 3.8) is 0 Å². The standard InChI is InChI=1S/C17H17ClF2N2O/c1-10(2)23-9-17(16(19)20)12-4-3-7-21-15(12)22-14-6-5-11(18)8-13(14)17/h3-8,10,16H,9H2,1-2H3,(H,21,22). The van der Waals surface area contributed by atoms with Crippen LogP contribution in [0.15, 0.2) is 36.5 Å². The maximum Gasteiger partial charge on any atom is 0.254 e. The number of aromatic nitrogens is 1. The molecular weight excluding hydrogens is 322 g/mol. The predicted molar refractivity (Wildman–Crippen MR) is 86.8 cm³/mol. The van der Waals surface area contributed by atoms with Crippen LogP contribution < -0.4 is 5.32 Å². The fourth-order valence-electron chi connectivity index (χ4n) is 2.88. The summed E-state index contributed by atoms with van der Waals surface area (Å²) in [5.74, 6) is 0.426. The first kappa shape index (κ1) is 16.1. The second-order valence-electron chi connectivity index (χ2n) is 5.85. The Morgan fingerprint density at radius 3 is 2.74 bits per heavy atom. The van der Waals surface area contributed by atoms with Gasteiger partial charge in [0.1, 0.15) is 11.2 Å². The molecule has 0 saturated carbocycles. The molecule has 1 N–H and O–H groups in total. The van der Waals surface area contributed by atoms with Gasteiger partial charge in [-0.2, -0.15) is 0 Å². The van der Waals surface area contributed by atoms with E-state index in [4.69, 9.17) is 16.3 Å². The van der Waals surface area contributed by atoms with E-state index in [1.807, 2.05) is 13.8 Å². The van der Waals surface area contributed by atoms with Gasteiger partial charge in [-0.3, -0.25) is 0 Å². The van der Waals surface area contributed by atoms with E-state index in [0.29, 0.717) is 27.7 Å². The Morgan fingerprint density at radius 1 is 1.26 bits per heavy atom. The molecule has 0 fully saturated rings. The Balaban J connectivity index is 2.25. The Kier molecular flexibility index (Phi) is 4.25. The number of alkyl halides is 2. The zero-order valence-electron chi connectivity index (χ0n) is 12.8. The van der Waals surface area contributed by atoms with Crippen molar-refractivity contribution in [3.8, 4) is 0 Å². The highest BCUT2D eigenvalue weighted by Gasteiger charge is 2.49. The highest BCUT2D eigenvalue weighted by molar-refractivity contribution is 6.30. The van der Waals surface area contributed by atoms with E-state index >= 15 is 0 Å². The third-order valence-electron chi connectivity index (χ3n) is 4.02. The number of nitrogens with one attached hydrogen (secondary N) is 1. The smallest absolute Gasteiger partial charge is 0.254 e. The highest BCUT2D eigenvalue weighted by atomic mass is 35.5. The number of fused-ring (bicyclic) bond motifs is 2. The zero-order chi connectivity index (χ0) is 16.6. The van der Waals surface area contributed by atoms with Gasteiger partial charge in [0.15, 0.2) is 0 Å². The number of hydrogen-bond donors (Lipinski definition) is 1. The lowest BCUT2D eigenvalue weighted by Crippen LogP contribution is -2.44. The Bertz CT molecular complexity index is 723. The molecule has 0 spiro atoms. The zero-order valence-corrected chi connectivity index (χ0v) is 13.6. The molecule has 0 aliphatic carbocycles. The number of anilines is 2. The van der Waals surface area contributed by atoms with Gasteiger partial charge in [-0.05, 0) is 43.7 Å². The normalized spacial score (nSPS) is 19.4. The second-order valence-corrected chi connectivity index (χ2v) is 6.28. The van der Waals surface area contributed by atoms with Crippen molar-refractivity contribution in [2.24, 2.45) is 0 Å². The summed E-state index contributed by atoms with van der Waals surface area (Å²) in [6, 6.07) is 8.26. The second kappa shape index (κ2) is 6.06. The summed E-state index contributed by atoms with van der Waals surface area (Å²) in [6.07, 6.45) is -1.25. The first-order valence-electron chi connectivity index (χ1n) is 7.37. The number of halogens is 3. The average molecular weight is 339 g/mol. The first-order valence-corrected chi connectivity index (χ1v) is 7.75. The molecule has 2 aromatic rings. The largest absolute Gasteiger partial charge is 0.377 e. The number of benzene rings is 1. The molecule has 1 unspecified atom stereocenters. The number of ether oxygens (including phenoxy) is 1. The Labute approximate surface area is 138 Å². The van der Waals surface area contributed by atoms with Crippen molar-refractivity contribution in [2.75, 3.05) is 11.9 Å². The highest BCUT2D eigenvalue weighted by Crippen LogP contribution is 2.49. The molecule has 0 saturated heterocycles. The lowest BCUT2D eigenvalue weighted by Gasteiger charge is -2.40. The maximum atomic E-state index is 14.3. The van der Waals surface area contributed by atoms with Gasteiger partial charge in [0, 0.05) is 22.5 Å². The molecule has 0 radical (unpaired) electrons. The van der Waals surface area contributed by atoms with E-state index in [1.54, 1.807) is 36.5 Å². The first-order chi connectivity index (χ1) is 10.9. The fourth-order valence-corrected chi connectivity index (χ4v) is 3.06. The average Bonchev–Trinajstić information content (AvgIpc) is 2.51. The molecule has 6 heteroatoms. The summed E-state index contributed by atoms with van der Waals surface area (Å²) in [6.45, 7) is 3.50. The van der Waals surface area contributed by atoms with E-state index in [2.05, 4.69) is 10.3 Å². The number of nitrogens with zero attached hydrogens (tertiary/aromatic N) is 1. The van der Waals surface area contributed by atoms with Crippen molar-refractivity contribution >= 4 is 23.1 Å². The summed E-state index contributed by atoms with van der Waals surface area (Å²) in [7, 11) is 0. The molecule has 23 heavy (non-hydrogen) atoms. The van der Waals surface area contributed by atoms with Crippen LogP contribution in [0.1, 0.15) is 25.0 Å². The molecule has 3 rings (SSSR count). The molecule has 3 nitrogen and oxygen atoms in total. The van der Waals surface area contributed by atoms with Crippen LogP contribution in [-0.2, 0) is 10.2 Å². The number of pyridine rings is 1. The minimum absolute atomic E-state index is 0.143. The minimum Gasteiger partial charge on any atom is -0.377 e. The van der Waals surface area contributed by atoms with Crippen LogP contribution in [0.5, 0.6) is 0 Å². The molecule has 2 heterocycles. The van der Waals surface area contributed by atoms with Crippen LogP contribution in [0.4, 0.5) is 20.3 Å². The van der Waals surface area contributed by atoms with Gasteiger partial charge in [-0.25, -0.2) is 13.8 Å². The van der Waals surface area contributed by atoms with E-state index in [-0.39, 0.29) is 12.7 Å². The summed E-state index contributed by atoms with van der Waals surface area (Å²) >= 11 is 6.07. The van der Waals surface area contributed by atoms with Crippen molar-refractivity contribution < 1.29 is 13.5 Å². The van der Waals surface area contributed by atoms with Crippen molar-refractivity contribution in [1.29, 1.82) is 0 Å².